The molecule has 1 amide bonds. The number of rotatable bonds is 6. The molecule has 0 radical (unpaired) electrons. The summed E-state index contributed by atoms with van der Waals surface area (Å²) in [6, 6.07) is 6.67. The summed E-state index contributed by atoms with van der Waals surface area (Å²) in [5.41, 5.74) is -0.0652. The molecule has 0 bridgehead atoms. The Bertz CT molecular complexity index is 784. The topological polar surface area (TPSA) is 122 Å². The Balaban J connectivity index is 2.18. The molecule has 10 heteroatoms. The Morgan fingerprint density at radius 1 is 1.04 bits per heavy atom. The molecule has 25 heavy (non-hydrogen) atoms. The zero-order chi connectivity index (χ0) is 18.4. The number of amides is 1. The predicted molar refractivity (Wildman–Crippen MR) is 84.3 cm³/mol. The third-order valence-electron chi connectivity index (χ3n) is 3.16. The third kappa shape index (κ3) is 4.10. The second-order valence-corrected chi connectivity index (χ2v) is 4.70. The second kappa shape index (κ2) is 7.90. The smallest absolute Gasteiger partial charge is 0.361 e. The van der Waals surface area contributed by atoms with Crippen LogP contribution in [0.15, 0.2) is 24.3 Å². The monoisotopic (exact) mass is 348 g/mol. The molecule has 0 atom stereocenters. The first-order valence-corrected chi connectivity index (χ1v) is 7.04. The molecule has 0 saturated heterocycles. The minimum Gasteiger partial charge on any atom is -0.497 e. The second-order valence-electron chi connectivity index (χ2n) is 4.70. The van der Waals surface area contributed by atoms with Crippen molar-refractivity contribution in [2.75, 3.05) is 26.6 Å². The number of ether oxygens (including phenoxy) is 3. The van der Waals surface area contributed by atoms with Crippen LogP contribution in [0.4, 0.5) is 5.69 Å². The molecule has 2 aromatic rings. The van der Waals surface area contributed by atoms with Crippen LogP contribution in [0.3, 0.4) is 0 Å². The van der Waals surface area contributed by atoms with E-state index in [0.29, 0.717) is 11.4 Å². The molecular weight excluding hydrogens is 332 g/mol. The summed E-state index contributed by atoms with van der Waals surface area (Å²) in [7, 11) is 3.81. The maximum Gasteiger partial charge on any atom is 0.361 e. The standard InChI is InChI=1S/C15H16N4O6/c1-23-10-6-4-9(5-7-10)16-11(20)8-19-13(15(22)25-3)12(17-18-19)14(21)24-2/h4-7H,8H2,1-3H3,(H,16,20). The Hall–Kier alpha value is -3.43. The minimum absolute atomic E-state index is 0.265. The zero-order valence-electron chi connectivity index (χ0n) is 13.8. The van der Waals surface area contributed by atoms with Gasteiger partial charge in [-0.25, -0.2) is 14.3 Å². The van der Waals surface area contributed by atoms with Crippen LogP contribution in [-0.4, -0.2) is 54.2 Å². The first-order chi connectivity index (χ1) is 12.0. The lowest BCUT2D eigenvalue weighted by Crippen LogP contribution is -2.23. The van der Waals surface area contributed by atoms with Crippen LogP contribution < -0.4 is 10.1 Å². The average Bonchev–Trinajstić information content (AvgIpc) is 3.04. The molecule has 10 nitrogen and oxygen atoms in total. The van der Waals surface area contributed by atoms with Crippen molar-refractivity contribution >= 4 is 23.5 Å². The largest absolute Gasteiger partial charge is 0.497 e. The van der Waals surface area contributed by atoms with Gasteiger partial charge in [-0.3, -0.25) is 4.79 Å². The first kappa shape index (κ1) is 17.9. The Kier molecular flexibility index (Phi) is 5.66. The van der Waals surface area contributed by atoms with Gasteiger partial charge in [-0.1, -0.05) is 5.21 Å². The number of nitrogens with one attached hydrogen (secondary N) is 1. The molecule has 0 spiro atoms. The number of hydrogen-bond donors (Lipinski definition) is 1. The van der Waals surface area contributed by atoms with Crippen LogP contribution in [-0.2, 0) is 20.8 Å². The Morgan fingerprint density at radius 3 is 2.24 bits per heavy atom. The van der Waals surface area contributed by atoms with E-state index in [1.807, 2.05) is 0 Å². The van der Waals surface area contributed by atoms with E-state index in [9.17, 15) is 14.4 Å². The normalized spacial score (nSPS) is 10.0. The summed E-state index contributed by atoms with van der Waals surface area (Å²) >= 11 is 0. The van der Waals surface area contributed by atoms with Gasteiger partial charge in [-0.05, 0) is 24.3 Å². The van der Waals surface area contributed by atoms with Crippen LogP contribution in [0.5, 0.6) is 5.75 Å². The van der Waals surface area contributed by atoms with E-state index < -0.39 is 17.8 Å². The van der Waals surface area contributed by atoms with Gasteiger partial charge in [0.25, 0.3) is 0 Å². The van der Waals surface area contributed by atoms with Gasteiger partial charge < -0.3 is 19.5 Å². The van der Waals surface area contributed by atoms with Crippen LogP contribution in [0.2, 0.25) is 0 Å². The third-order valence-corrected chi connectivity index (χ3v) is 3.16. The molecule has 1 aromatic heterocycles. The number of hydrogen-bond acceptors (Lipinski definition) is 8. The zero-order valence-corrected chi connectivity index (χ0v) is 13.8. The van der Waals surface area contributed by atoms with E-state index in [1.54, 1.807) is 24.3 Å². The predicted octanol–water partition coefficient (Wildman–Crippen LogP) is 0.499. The number of anilines is 1. The van der Waals surface area contributed by atoms with Crippen molar-refractivity contribution < 1.29 is 28.6 Å². The Labute approximate surface area is 142 Å². The highest BCUT2D eigenvalue weighted by Crippen LogP contribution is 2.15. The number of esters is 2. The Morgan fingerprint density at radius 2 is 1.68 bits per heavy atom. The number of nitrogens with zero attached hydrogens (tertiary/aromatic N) is 3. The van der Waals surface area contributed by atoms with Crippen LogP contribution in [0.1, 0.15) is 21.0 Å². The molecule has 0 unspecified atom stereocenters. The van der Waals surface area contributed by atoms with E-state index in [4.69, 9.17) is 4.74 Å². The molecule has 0 aliphatic rings. The molecule has 0 aliphatic carbocycles. The molecule has 2 rings (SSSR count). The van der Waals surface area contributed by atoms with Gasteiger partial charge in [0.05, 0.1) is 21.3 Å². The number of methoxy groups -OCH3 is 3. The highest BCUT2D eigenvalue weighted by molar-refractivity contribution is 6.01. The lowest BCUT2D eigenvalue weighted by Gasteiger charge is -2.08. The van der Waals surface area contributed by atoms with Crippen molar-refractivity contribution in [3.63, 3.8) is 0 Å². The number of aromatic nitrogens is 3. The van der Waals surface area contributed by atoms with Crippen molar-refractivity contribution in [3.8, 4) is 5.75 Å². The van der Waals surface area contributed by atoms with Crippen molar-refractivity contribution in [1.29, 1.82) is 0 Å². The van der Waals surface area contributed by atoms with Crippen LogP contribution >= 0.6 is 0 Å². The summed E-state index contributed by atoms with van der Waals surface area (Å²) in [6.45, 7) is -0.347. The van der Waals surface area contributed by atoms with Gasteiger partial charge >= 0.3 is 11.9 Å². The van der Waals surface area contributed by atoms with Crippen molar-refractivity contribution in [1.82, 2.24) is 15.0 Å². The molecular formula is C15H16N4O6. The molecule has 1 N–H and O–H groups in total. The summed E-state index contributed by atoms with van der Waals surface area (Å²) in [6.07, 6.45) is 0. The first-order valence-electron chi connectivity index (χ1n) is 7.04. The summed E-state index contributed by atoms with van der Waals surface area (Å²) in [5.74, 6) is -1.55. The molecule has 0 saturated carbocycles. The summed E-state index contributed by atoms with van der Waals surface area (Å²) < 4.78 is 15.1. The lowest BCUT2D eigenvalue weighted by molar-refractivity contribution is -0.116. The SMILES string of the molecule is COC(=O)c1nnn(CC(=O)Nc2ccc(OC)cc2)c1C(=O)OC. The van der Waals surface area contributed by atoms with E-state index in [0.717, 1.165) is 18.9 Å². The van der Waals surface area contributed by atoms with E-state index in [-0.39, 0.29) is 17.9 Å². The maximum atomic E-state index is 12.1. The van der Waals surface area contributed by atoms with Gasteiger partial charge in [0.1, 0.15) is 12.3 Å². The fourth-order valence-electron chi connectivity index (χ4n) is 1.97. The lowest BCUT2D eigenvalue weighted by atomic mass is 10.3. The van der Waals surface area contributed by atoms with Gasteiger partial charge in [0, 0.05) is 5.69 Å². The molecule has 0 fully saturated rings. The molecule has 0 aliphatic heterocycles. The van der Waals surface area contributed by atoms with E-state index >= 15 is 0 Å². The van der Waals surface area contributed by atoms with Gasteiger partial charge in [-0.15, -0.1) is 5.10 Å². The number of carbonyl (C=O) groups excluding carboxylic acids is 3. The minimum atomic E-state index is -0.859. The number of benzene rings is 1. The number of carbonyl (C=O) groups is 3. The van der Waals surface area contributed by atoms with Crippen LogP contribution in [0.25, 0.3) is 0 Å². The fraction of sp³-hybridized carbons (Fsp3) is 0.267. The van der Waals surface area contributed by atoms with Crippen LogP contribution in [0, 0.1) is 0 Å². The molecule has 1 heterocycles. The van der Waals surface area contributed by atoms with Crippen molar-refractivity contribution in [2.45, 2.75) is 6.54 Å². The van der Waals surface area contributed by atoms with Gasteiger partial charge in [-0.2, -0.15) is 0 Å². The molecule has 1 aromatic carbocycles. The maximum absolute atomic E-state index is 12.1. The molecule has 132 valence electrons. The fourth-order valence-corrected chi connectivity index (χ4v) is 1.97. The average molecular weight is 348 g/mol. The van der Waals surface area contributed by atoms with Crippen molar-refractivity contribution in [2.24, 2.45) is 0 Å². The van der Waals surface area contributed by atoms with E-state index in [1.165, 1.54) is 7.11 Å². The summed E-state index contributed by atoms with van der Waals surface area (Å²) in [4.78, 5) is 35.7. The van der Waals surface area contributed by atoms with Gasteiger partial charge in [0.15, 0.2) is 5.69 Å². The quantitative estimate of drug-likeness (QED) is 0.749. The highest BCUT2D eigenvalue weighted by Gasteiger charge is 2.27. The highest BCUT2D eigenvalue weighted by atomic mass is 16.5. The summed E-state index contributed by atoms with van der Waals surface area (Å²) in [5, 5.41) is 9.85. The van der Waals surface area contributed by atoms with E-state index in [2.05, 4.69) is 25.1 Å². The van der Waals surface area contributed by atoms with Gasteiger partial charge in [0.2, 0.25) is 11.6 Å². The van der Waals surface area contributed by atoms with Crippen molar-refractivity contribution in [3.05, 3.63) is 35.7 Å².